The van der Waals surface area contributed by atoms with Gasteiger partial charge in [0.15, 0.2) is 0 Å². The predicted octanol–water partition coefficient (Wildman–Crippen LogP) is 6.69. The van der Waals surface area contributed by atoms with Crippen LogP contribution in [0.15, 0.2) is 46.4 Å². The molecular formula is C21H26N2. The summed E-state index contributed by atoms with van der Waals surface area (Å²) in [6.45, 7) is 12.9. The van der Waals surface area contributed by atoms with Crippen molar-refractivity contribution in [2.24, 2.45) is 9.98 Å². The number of hydrogen-bond donors (Lipinski definition) is 0. The van der Waals surface area contributed by atoms with Crippen LogP contribution in [-0.4, -0.2) is 6.01 Å². The van der Waals surface area contributed by atoms with Crippen molar-refractivity contribution >= 4 is 17.4 Å². The maximum atomic E-state index is 4.55. The summed E-state index contributed by atoms with van der Waals surface area (Å²) < 4.78 is 0. The van der Waals surface area contributed by atoms with E-state index in [0.29, 0.717) is 11.8 Å². The molecule has 0 heterocycles. The van der Waals surface area contributed by atoms with Gasteiger partial charge in [-0.1, -0.05) is 64.1 Å². The molecule has 2 rings (SSSR count). The van der Waals surface area contributed by atoms with Gasteiger partial charge in [0.1, 0.15) is 6.01 Å². The maximum absolute atomic E-state index is 4.55. The summed E-state index contributed by atoms with van der Waals surface area (Å²) in [5.74, 6) is 0.861. The zero-order chi connectivity index (χ0) is 17.0. The van der Waals surface area contributed by atoms with Gasteiger partial charge in [-0.2, -0.15) is 9.98 Å². The highest BCUT2D eigenvalue weighted by atomic mass is 14.8. The first-order valence-corrected chi connectivity index (χ1v) is 8.27. The van der Waals surface area contributed by atoms with Gasteiger partial charge in [-0.05, 0) is 47.9 Å². The highest BCUT2D eigenvalue weighted by Crippen LogP contribution is 2.31. The van der Waals surface area contributed by atoms with E-state index in [4.69, 9.17) is 0 Å². The van der Waals surface area contributed by atoms with E-state index in [1.54, 1.807) is 0 Å². The first-order chi connectivity index (χ1) is 10.9. The molecule has 23 heavy (non-hydrogen) atoms. The Labute approximate surface area is 140 Å². The Kier molecular flexibility index (Phi) is 5.52. The molecule has 0 bridgehead atoms. The number of hydrogen-bond acceptors (Lipinski definition) is 2. The van der Waals surface area contributed by atoms with E-state index in [0.717, 1.165) is 22.5 Å². The van der Waals surface area contributed by atoms with Crippen LogP contribution in [0.4, 0.5) is 11.4 Å². The molecule has 0 saturated carbocycles. The molecule has 0 unspecified atom stereocenters. The summed E-state index contributed by atoms with van der Waals surface area (Å²) in [5.41, 5.74) is 6.78. The second-order valence-corrected chi connectivity index (χ2v) is 6.66. The van der Waals surface area contributed by atoms with Crippen molar-refractivity contribution in [3.8, 4) is 0 Å². The highest BCUT2D eigenvalue weighted by molar-refractivity contribution is 5.65. The SMILES string of the molecule is Cc1cccc(C(C)C)c1N=C=Nc1c(C)cccc1C(C)C. The molecule has 0 aliphatic carbocycles. The standard InChI is InChI=1S/C21H26N2/c1-14(2)18-11-7-9-16(5)20(18)22-13-23-21-17(6)10-8-12-19(21)15(3)4/h7-12,14-15H,1-6H3. The molecular weight excluding hydrogens is 280 g/mol. The molecule has 0 saturated heterocycles. The molecule has 0 aliphatic heterocycles. The van der Waals surface area contributed by atoms with Gasteiger partial charge in [0.25, 0.3) is 0 Å². The monoisotopic (exact) mass is 306 g/mol. The third kappa shape index (κ3) is 3.97. The Hall–Kier alpha value is -2.18. The fourth-order valence-corrected chi connectivity index (χ4v) is 2.73. The van der Waals surface area contributed by atoms with Crippen LogP contribution in [0.3, 0.4) is 0 Å². The Bertz CT molecular complexity index is 687. The molecule has 0 aromatic heterocycles. The van der Waals surface area contributed by atoms with Crippen LogP contribution in [0.25, 0.3) is 0 Å². The molecule has 2 nitrogen and oxygen atoms in total. The second-order valence-electron chi connectivity index (χ2n) is 6.66. The maximum Gasteiger partial charge on any atom is 0.101 e. The van der Waals surface area contributed by atoms with Gasteiger partial charge in [-0.25, -0.2) is 0 Å². The number of aryl methyl sites for hydroxylation is 2. The van der Waals surface area contributed by atoms with Crippen molar-refractivity contribution in [3.63, 3.8) is 0 Å². The van der Waals surface area contributed by atoms with Crippen LogP contribution >= 0.6 is 0 Å². The molecule has 2 aromatic rings. The van der Waals surface area contributed by atoms with Gasteiger partial charge in [0.05, 0.1) is 11.4 Å². The number of nitrogens with zero attached hydrogens (tertiary/aromatic N) is 2. The van der Waals surface area contributed by atoms with Crippen LogP contribution < -0.4 is 0 Å². The Morgan fingerprint density at radius 2 is 1.09 bits per heavy atom. The minimum Gasteiger partial charge on any atom is -0.187 e. The lowest BCUT2D eigenvalue weighted by molar-refractivity contribution is 0.864. The molecule has 0 atom stereocenters. The topological polar surface area (TPSA) is 24.7 Å². The van der Waals surface area contributed by atoms with E-state index >= 15 is 0 Å². The van der Waals surface area contributed by atoms with Crippen molar-refractivity contribution < 1.29 is 0 Å². The average molecular weight is 306 g/mol. The Morgan fingerprint density at radius 1 is 0.696 bits per heavy atom. The molecule has 0 N–H and O–H groups in total. The van der Waals surface area contributed by atoms with E-state index in [-0.39, 0.29) is 0 Å². The third-order valence-electron chi connectivity index (χ3n) is 4.11. The van der Waals surface area contributed by atoms with Crippen LogP contribution in [0, 0.1) is 13.8 Å². The average Bonchev–Trinajstić information content (AvgIpc) is 2.49. The second kappa shape index (κ2) is 7.39. The fraction of sp³-hybridized carbons (Fsp3) is 0.381. The Morgan fingerprint density at radius 3 is 1.43 bits per heavy atom. The molecule has 0 fully saturated rings. The lowest BCUT2D eigenvalue weighted by Crippen LogP contribution is -1.90. The van der Waals surface area contributed by atoms with Crippen LogP contribution in [0.2, 0.25) is 0 Å². The van der Waals surface area contributed by atoms with Crippen molar-refractivity contribution in [1.82, 2.24) is 0 Å². The summed E-state index contributed by atoms with van der Waals surface area (Å²) in [4.78, 5) is 9.09. The molecule has 2 heteroatoms. The van der Waals surface area contributed by atoms with E-state index in [9.17, 15) is 0 Å². The zero-order valence-corrected chi connectivity index (χ0v) is 15.0. The van der Waals surface area contributed by atoms with E-state index in [1.807, 2.05) is 0 Å². The van der Waals surface area contributed by atoms with Crippen molar-refractivity contribution in [2.45, 2.75) is 53.4 Å². The summed E-state index contributed by atoms with van der Waals surface area (Å²) >= 11 is 0. The minimum atomic E-state index is 0.431. The van der Waals surface area contributed by atoms with Gasteiger partial charge >= 0.3 is 0 Å². The van der Waals surface area contributed by atoms with E-state index in [1.165, 1.54) is 11.1 Å². The summed E-state index contributed by atoms with van der Waals surface area (Å²) in [6.07, 6.45) is 0. The first kappa shape index (κ1) is 17.2. The first-order valence-electron chi connectivity index (χ1n) is 8.27. The lowest BCUT2D eigenvalue weighted by Gasteiger charge is -2.11. The zero-order valence-electron chi connectivity index (χ0n) is 15.0. The number of para-hydroxylation sites is 2. The largest absolute Gasteiger partial charge is 0.187 e. The number of rotatable bonds is 4. The summed E-state index contributed by atoms with van der Waals surface area (Å²) in [5, 5.41) is 0. The molecule has 0 spiro atoms. The lowest BCUT2D eigenvalue weighted by atomic mass is 9.98. The molecule has 2 aromatic carbocycles. The Balaban J connectivity index is 2.48. The summed E-state index contributed by atoms with van der Waals surface area (Å²) in [6, 6.07) is 15.5. The minimum absolute atomic E-state index is 0.431. The van der Waals surface area contributed by atoms with Crippen molar-refractivity contribution in [2.75, 3.05) is 0 Å². The normalized spacial score (nSPS) is 10.8. The van der Waals surface area contributed by atoms with Gasteiger partial charge in [0, 0.05) is 0 Å². The molecule has 0 radical (unpaired) electrons. The fourth-order valence-electron chi connectivity index (χ4n) is 2.73. The summed E-state index contributed by atoms with van der Waals surface area (Å²) in [7, 11) is 0. The van der Waals surface area contributed by atoms with Gasteiger partial charge in [0.2, 0.25) is 0 Å². The number of benzene rings is 2. The van der Waals surface area contributed by atoms with Crippen LogP contribution in [0.1, 0.15) is 61.8 Å². The van der Waals surface area contributed by atoms with Crippen LogP contribution in [0.5, 0.6) is 0 Å². The van der Waals surface area contributed by atoms with Crippen molar-refractivity contribution in [3.05, 3.63) is 58.7 Å². The molecule has 0 aliphatic rings. The molecule has 120 valence electrons. The van der Waals surface area contributed by atoms with Gasteiger partial charge in [-0.15, -0.1) is 0 Å². The smallest absolute Gasteiger partial charge is 0.101 e. The van der Waals surface area contributed by atoms with E-state index in [2.05, 4.69) is 93.9 Å². The number of aliphatic imine (C=N–C) groups is 2. The highest BCUT2D eigenvalue weighted by Gasteiger charge is 2.09. The van der Waals surface area contributed by atoms with Crippen molar-refractivity contribution in [1.29, 1.82) is 0 Å². The predicted molar refractivity (Wildman–Crippen MR) is 99.7 cm³/mol. The quantitative estimate of drug-likeness (QED) is 0.562. The van der Waals surface area contributed by atoms with E-state index < -0.39 is 0 Å². The molecule has 0 amide bonds. The van der Waals surface area contributed by atoms with Crippen LogP contribution in [-0.2, 0) is 0 Å². The third-order valence-corrected chi connectivity index (χ3v) is 4.11. The van der Waals surface area contributed by atoms with Gasteiger partial charge < -0.3 is 0 Å². The van der Waals surface area contributed by atoms with Gasteiger partial charge in [-0.3, -0.25) is 0 Å².